The van der Waals surface area contributed by atoms with E-state index in [-0.39, 0.29) is 5.91 Å². The van der Waals surface area contributed by atoms with E-state index >= 15 is 0 Å². The minimum absolute atomic E-state index is 0.347. The lowest BCUT2D eigenvalue weighted by Gasteiger charge is -2.12. The lowest BCUT2D eigenvalue weighted by Crippen LogP contribution is -2.17. The fourth-order valence-corrected chi connectivity index (χ4v) is 3.45. The minimum Gasteiger partial charge on any atom is -0.495 e. The number of hydrogen-bond donors (Lipinski definition) is 1. The third-order valence-electron chi connectivity index (χ3n) is 2.86. The highest BCUT2D eigenvalue weighted by Crippen LogP contribution is 2.41. The molecule has 0 bridgehead atoms. The van der Waals surface area contributed by atoms with Crippen molar-refractivity contribution in [3.8, 4) is 11.5 Å². The third kappa shape index (κ3) is 4.08. The molecule has 2 rings (SSSR count). The number of ether oxygens (including phenoxy) is 2. The van der Waals surface area contributed by atoms with Crippen LogP contribution in [0.25, 0.3) is 0 Å². The van der Waals surface area contributed by atoms with Crippen LogP contribution in [0.2, 0.25) is 0 Å². The van der Waals surface area contributed by atoms with E-state index in [1.807, 2.05) is 0 Å². The Morgan fingerprint density at radius 1 is 1.30 bits per heavy atom. The van der Waals surface area contributed by atoms with Gasteiger partial charge < -0.3 is 9.47 Å². The number of benzene rings is 1. The molecule has 0 saturated carbocycles. The van der Waals surface area contributed by atoms with Crippen LogP contribution in [-0.4, -0.2) is 31.3 Å². The van der Waals surface area contributed by atoms with Gasteiger partial charge in [-0.25, -0.2) is 5.43 Å². The molecule has 120 valence electrons. The molecular weight excluding hydrogens is 430 g/mol. The molecule has 0 unspecified atom stereocenters. The second-order valence-corrected chi connectivity index (χ2v) is 5.92. The smallest absolute Gasteiger partial charge is 0.272 e. The van der Waals surface area contributed by atoms with Crippen LogP contribution in [0.4, 0.5) is 0 Å². The maximum absolute atomic E-state index is 11.9. The summed E-state index contributed by atoms with van der Waals surface area (Å²) in [5, 5.41) is 3.95. The second kappa shape index (κ2) is 8.07. The molecule has 23 heavy (non-hydrogen) atoms. The molecule has 0 fully saturated rings. The summed E-state index contributed by atoms with van der Waals surface area (Å²) in [6.45, 7) is 0. The number of nitrogens with zero attached hydrogens (tertiary/aromatic N) is 2. The Hall–Kier alpha value is -1.93. The zero-order valence-corrected chi connectivity index (χ0v) is 15.5. The van der Waals surface area contributed by atoms with E-state index in [2.05, 4.69) is 47.4 Å². The third-order valence-corrected chi connectivity index (χ3v) is 4.17. The van der Waals surface area contributed by atoms with E-state index < -0.39 is 0 Å². The van der Waals surface area contributed by atoms with Crippen LogP contribution in [0.1, 0.15) is 15.9 Å². The molecule has 0 aliphatic heterocycles. The molecule has 1 N–H and O–H groups in total. The van der Waals surface area contributed by atoms with Crippen molar-refractivity contribution in [1.29, 1.82) is 0 Å². The number of hydrogen-bond acceptors (Lipinski definition) is 5. The van der Waals surface area contributed by atoms with Crippen LogP contribution in [0.15, 0.2) is 44.6 Å². The first-order valence-electron chi connectivity index (χ1n) is 6.42. The van der Waals surface area contributed by atoms with Gasteiger partial charge in [-0.1, -0.05) is 0 Å². The number of methoxy groups -OCH3 is 2. The van der Waals surface area contributed by atoms with Gasteiger partial charge in [0.1, 0.15) is 10.2 Å². The largest absolute Gasteiger partial charge is 0.495 e. The van der Waals surface area contributed by atoms with E-state index in [0.717, 1.165) is 4.47 Å². The standard InChI is InChI=1S/C15H13Br2N3O3/c1-22-13-10(6-11(16)14(23-2)12(13)17)8-19-20-15(21)9-4-3-5-18-7-9/h3-8H,1-2H3,(H,20,21)/b19-8-. The van der Waals surface area contributed by atoms with Crippen molar-refractivity contribution in [3.05, 3.63) is 50.7 Å². The maximum Gasteiger partial charge on any atom is 0.272 e. The summed E-state index contributed by atoms with van der Waals surface area (Å²) in [6.07, 6.45) is 4.55. The number of carbonyl (C=O) groups is 1. The summed E-state index contributed by atoms with van der Waals surface area (Å²) in [6, 6.07) is 5.11. The van der Waals surface area contributed by atoms with Crippen molar-refractivity contribution in [3.63, 3.8) is 0 Å². The molecule has 1 amide bonds. The Kier molecular flexibility index (Phi) is 6.12. The first-order chi connectivity index (χ1) is 11.1. The molecule has 6 nitrogen and oxygen atoms in total. The van der Waals surface area contributed by atoms with Gasteiger partial charge in [0, 0.05) is 18.0 Å². The molecule has 8 heteroatoms. The Labute approximate surface area is 150 Å². The highest BCUT2D eigenvalue weighted by molar-refractivity contribution is 9.11. The molecule has 0 aliphatic rings. The van der Waals surface area contributed by atoms with Gasteiger partial charge in [0.05, 0.1) is 30.5 Å². The predicted molar refractivity (Wildman–Crippen MR) is 94.2 cm³/mol. The minimum atomic E-state index is -0.347. The lowest BCUT2D eigenvalue weighted by molar-refractivity contribution is 0.0954. The number of halogens is 2. The average Bonchev–Trinajstić information content (AvgIpc) is 2.56. The Bertz CT molecular complexity index is 736. The fourth-order valence-electron chi connectivity index (χ4n) is 1.81. The van der Waals surface area contributed by atoms with Crippen LogP contribution in [0.3, 0.4) is 0 Å². The molecule has 1 aromatic heterocycles. The molecule has 0 radical (unpaired) electrons. The van der Waals surface area contributed by atoms with Gasteiger partial charge in [-0.15, -0.1) is 0 Å². The topological polar surface area (TPSA) is 72.8 Å². The van der Waals surface area contributed by atoms with Gasteiger partial charge in [0.2, 0.25) is 0 Å². The zero-order valence-electron chi connectivity index (χ0n) is 12.3. The van der Waals surface area contributed by atoms with Crippen molar-refractivity contribution in [2.45, 2.75) is 0 Å². The number of amides is 1. The molecule has 0 spiro atoms. The quantitative estimate of drug-likeness (QED) is 0.569. The highest BCUT2D eigenvalue weighted by Gasteiger charge is 2.15. The second-order valence-electron chi connectivity index (χ2n) is 4.27. The zero-order chi connectivity index (χ0) is 16.8. The summed E-state index contributed by atoms with van der Waals surface area (Å²) >= 11 is 6.83. The molecule has 1 aromatic carbocycles. The van der Waals surface area contributed by atoms with E-state index in [1.165, 1.54) is 12.4 Å². The van der Waals surface area contributed by atoms with Crippen LogP contribution >= 0.6 is 31.9 Å². The van der Waals surface area contributed by atoms with E-state index in [4.69, 9.17) is 9.47 Å². The SMILES string of the molecule is COc1c(Br)cc(/C=N\NC(=O)c2cccnc2)c(OC)c1Br. The Balaban J connectivity index is 2.21. The van der Waals surface area contributed by atoms with Gasteiger partial charge in [-0.05, 0) is 50.1 Å². The van der Waals surface area contributed by atoms with Crippen molar-refractivity contribution in [2.75, 3.05) is 14.2 Å². The number of hydrazone groups is 1. The number of carbonyl (C=O) groups excluding carboxylic acids is 1. The van der Waals surface area contributed by atoms with Gasteiger partial charge in [-0.2, -0.15) is 5.10 Å². The van der Waals surface area contributed by atoms with Crippen molar-refractivity contribution >= 4 is 44.0 Å². The summed E-state index contributed by atoms with van der Waals surface area (Å²) in [5.41, 5.74) is 3.53. The van der Waals surface area contributed by atoms with Crippen molar-refractivity contribution < 1.29 is 14.3 Å². The Morgan fingerprint density at radius 2 is 2.04 bits per heavy atom. The van der Waals surface area contributed by atoms with E-state index in [1.54, 1.807) is 38.6 Å². The molecule has 0 saturated heterocycles. The molecular formula is C15H13Br2N3O3. The van der Waals surface area contributed by atoms with Crippen LogP contribution in [0, 0.1) is 0 Å². The first-order valence-corrected chi connectivity index (χ1v) is 8.00. The van der Waals surface area contributed by atoms with Crippen LogP contribution in [0.5, 0.6) is 11.5 Å². The molecule has 0 atom stereocenters. The van der Waals surface area contributed by atoms with Gasteiger partial charge >= 0.3 is 0 Å². The number of pyridine rings is 1. The summed E-state index contributed by atoms with van der Waals surface area (Å²) in [5.74, 6) is 0.808. The Morgan fingerprint density at radius 3 is 2.65 bits per heavy atom. The predicted octanol–water partition coefficient (Wildman–Crippen LogP) is 3.39. The lowest BCUT2D eigenvalue weighted by atomic mass is 10.2. The maximum atomic E-state index is 11.9. The van der Waals surface area contributed by atoms with E-state index in [9.17, 15) is 4.79 Å². The number of aromatic nitrogens is 1. The summed E-state index contributed by atoms with van der Waals surface area (Å²) < 4.78 is 12.0. The van der Waals surface area contributed by atoms with Gasteiger partial charge in [0.25, 0.3) is 5.91 Å². The van der Waals surface area contributed by atoms with Gasteiger partial charge in [-0.3, -0.25) is 9.78 Å². The van der Waals surface area contributed by atoms with Crippen LogP contribution < -0.4 is 14.9 Å². The van der Waals surface area contributed by atoms with E-state index in [0.29, 0.717) is 27.1 Å². The number of nitrogens with one attached hydrogen (secondary N) is 1. The highest BCUT2D eigenvalue weighted by atomic mass is 79.9. The monoisotopic (exact) mass is 441 g/mol. The molecule has 0 aliphatic carbocycles. The molecule has 2 aromatic rings. The summed E-state index contributed by atoms with van der Waals surface area (Å²) in [7, 11) is 3.10. The first kappa shape index (κ1) is 17.4. The fraction of sp³-hybridized carbons (Fsp3) is 0.133. The van der Waals surface area contributed by atoms with Gasteiger partial charge in [0.15, 0.2) is 5.75 Å². The molecule has 1 heterocycles. The number of rotatable bonds is 5. The van der Waals surface area contributed by atoms with Crippen molar-refractivity contribution in [2.24, 2.45) is 5.10 Å². The average molecular weight is 443 g/mol. The summed E-state index contributed by atoms with van der Waals surface area (Å²) in [4.78, 5) is 15.8. The normalized spacial score (nSPS) is 10.6. The van der Waals surface area contributed by atoms with Crippen molar-refractivity contribution in [1.82, 2.24) is 10.4 Å². The van der Waals surface area contributed by atoms with Crippen LogP contribution in [-0.2, 0) is 0 Å².